The van der Waals surface area contributed by atoms with Gasteiger partial charge >= 0.3 is 0 Å². The summed E-state index contributed by atoms with van der Waals surface area (Å²) in [6.07, 6.45) is 20.4. The van der Waals surface area contributed by atoms with Gasteiger partial charge in [-0.25, -0.2) is 0 Å². The van der Waals surface area contributed by atoms with E-state index in [1.807, 2.05) is 0 Å². The monoisotopic (exact) mass is 645 g/mol. The maximum atomic E-state index is 3.21. The van der Waals surface area contributed by atoms with Crippen LogP contribution in [-0.4, -0.2) is 8.07 Å². The molecular weight excluding hydrogens is 569 g/mol. The minimum absolute atomic E-state index is 0.550. The van der Waals surface area contributed by atoms with E-state index in [-0.39, 0.29) is 0 Å². The summed E-state index contributed by atoms with van der Waals surface area (Å²) in [6, 6.07) is 0. The van der Waals surface area contributed by atoms with Crippen LogP contribution in [0.1, 0.15) is 153 Å². The largest absolute Gasteiger partial charge is 0.0685 e. The minimum Gasteiger partial charge on any atom is -0.0685 e. The summed E-state index contributed by atoms with van der Waals surface area (Å²) < 4.78 is 0. The normalized spacial score (nSPS) is 59.9. The highest BCUT2D eigenvalue weighted by Gasteiger charge is 2.80. The van der Waals surface area contributed by atoms with Gasteiger partial charge in [-0.2, -0.15) is 0 Å². The van der Waals surface area contributed by atoms with Crippen LogP contribution >= 0.6 is 0 Å². The average Bonchev–Trinajstić information content (AvgIpc) is 3.47. The zero-order valence-corrected chi connectivity index (χ0v) is 33.5. The number of fused-ring (bicyclic) bond motifs is 9. The molecule has 17 atom stereocenters. The van der Waals surface area contributed by atoms with Crippen molar-refractivity contribution in [3.8, 4) is 0 Å². The van der Waals surface area contributed by atoms with Crippen molar-refractivity contribution in [3.05, 3.63) is 0 Å². The Morgan fingerprint density at radius 3 is 1.39 bits per heavy atom. The van der Waals surface area contributed by atoms with E-state index in [0.717, 1.165) is 88.4 Å². The molecule has 0 aromatic rings. The van der Waals surface area contributed by atoms with Crippen LogP contribution in [0.4, 0.5) is 0 Å². The van der Waals surface area contributed by atoms with Crippen LogP contribution in [0.5, 0.6) is 0 Å². The second-order valence-corrected chi connectivity index (χ2v) is 28.7. The van der Waals surface area contributed by atoms with Gasteiger partial charge in [0.1, 0.15) is 0 Å². The molecule has 9 rings (SSSR count). The van der Waals surface area contributed by atoms with E-state index in [1.54, 1.807) is 57.8 Å². The standard InChI is InChI=1S/C45H76Si/c1-25-12-14-27-29(20-25)30-21-26(2)13-15-28(30)39(27)46(11)40-33-24-35-34(42(3,4)16-17-43(35,5)6)22-31(33)32-23-36-38(41(46)37(32)40)45(9,10)19-18-44(36,7)8/h25-41H,12-24H2,1-11H3. The molecule has 0 bridgehead atoms. The van der Waals surface area contributed by atoms with Gasteiger partial charge in [0.05, 0.1) is 8.07 Å². The van der Waals surface area contributed by atoms with Crippen molar-refractivity contribution in [1.29, 1.82) is 0 Å². The van der Waals surface area contributed by atoms with Crippen molar-refractivity contribution < 1.29 is 0 Å². The fraction of sp³-hybridized carbons (Fsp3) is 1.00. The lowest BCUT2D eigenvalue weighted by Gasteiger charge is -2.73. The third-order valence-corrected chi connectivity index (χ3v) is 27.3. The van der Waals surface area contributed by atoms with Crippen LogP contribution in [-0.2, 0) is 0 Å². The fourth-order valence-corrected chi connectivity index (χ4v) is 27.6. The predicted molar refractivity (Wildman–Crippen MR) is 198 cm³/mol. The van der Waals surface area contributed by atoms with Crippen LogP contribution < -0.4 is 0 Å². The molecule has 8 aliphatic carbocycles. The molecule has 0 radical (unpaired) electrons. The molecule has 9 fully saturated rings. The van der Waals surface area contributed by atoms with Gasteiger partial charge in [-0.3, -0.25) is 0 Å². The van der Waals surface area contributed by atoms with E-state index in [4.69, 9.17) is 0 Å². The fourth-order valence-electron chi connectivity index (χ4n) is 18.6. The predicted octanol–water partition coefficient (Wildman–Crippen LogP) is 13.1. The maximum Gasteiger partial charge on any atom is 0.0615 e. The average molecular weight is 645 g/mol. The summed E-state index contributed by atoms with van der Waals surface area (Å²) in [5.41, 5.74) is 5.75. The van der Waals surface area contributed by atoms with Crippen molar-refractivity contribution >= 4 is 8.07 Å². The van der Waals surface area contributed by atoms with E-state index in [0.29, 0.717) is 21.7 Å². The summed E-state index contributed by atoms with van der Waals surface area (Å²) >= 11 is 0. The van der Waals surface area contributed by atoms with Gasteiger partial charge in [0, 0.05) is 0 Å². The third-order valence-electron chi connectivity index (χ3n) is 20.6. The highest BCUT2D eigenvalue weighted by Crippen LogP contribution is 2.86. The van der Waals surface area contributed by atoms with Crippen molar-refractivity contribution in [2.45, 2.75) is 176 Å². The third kappa shape index (κ3) is 4.08. The lowest BCUT2D eigenvalue weighted by Crippen LogP contribution is -2.70. The molecule has 0 N–H and O–H groups in total. The van der Waals surface area contributed by atoms with Crippen molar-refractivity contribution in [2.75, 3.05) is 0 Å². The summed E-state index contributed by atoms with van der Waals surface area (Å²) in [5.74, 6) is 14.8. The van der Waals surface area contributed by atoms with E-state index in [1.165, 1.54) is 36.8 Å². The molecule has 8 saturated carbocycles. The lowest BCUT2D eigenvalue weighted by molar-refractivity contribution is -0.0989. The Labute approximate surface area is 287 Å². The minimum atomic E-state index is -1.58. The summed E-state index contributed by atoms with van der Waals surface area (Å²) in [7, 11) is -1.58. The lowest BCUT2D eigenvalue weighted by atomic mass is 9.46. The summed E-state index contributed by atoms with van der Waals surface area (Å²) in [4.78, 5) is 0. The first-order valence-electron chi connectivity index (χ1n) is 21.5. The molecule has 1 heteroatoms. The van der Waals surface area contributed by atoms with Crippen LogP contribution in [0.2, 0.25) is 23.2 Å². The first-order valence-corrected chi connectivity index (χ1v) is 24.2. The molecule has 0 nitrogen and oxygen atoms in total. The molecule has 9 aliphatic rings. The molecule has 17 unspecified atom stereocenters. The molecule has 260 valence electrons. The first-order chi connectivity index (χ1) is 21.5. The van der Waals surface area contributed by atoms with Crippen molar-refractivity contribution in [3.63, 3.8) is 0 Å². The summed E-state index contributed by atoms with van der Waals surface area (Å²) in [5, 5.41) is 0. The quantitative estimate of drug-likeness (QED) is 0.249. The second-order valence-electron chi connectivity index (χ2n) is 24.0. The molecule has 46 heavy (non-hydrogen) atoms. The van der Waals surface area contributed by atoms with Gasteiger partial charge in [-0.1, -0.05) is 88.6 Å². The van der Waals surface area contributed by atoms with Gasteiger partial charge in [0.25, 0.3) is 0 Å². The van der Waals surface area contributed by atoms with Gasteiger partial charge in [0.2, 0.25) is 0 Å². The molecule has 1 saturated heterocycles. The van der Waals surface area contributed by atoms with Gasteiger partial charge < -0.3 is 0 Å². The van der Waals surface area contributed by atoms with E-state index >= 15 is 0 Å². The molecule has 0 aromatic heterocycles. The van der Waals surface area contributed by atoms with E-state index < -0.39 is 8.07 Å². The molecule has 1 heterocycles. The van der Waals surface area contributed by atoms with Gasteiger partial charge in [0.15, 0.2) is 0 Å². The number of hydrogen-bond donors (Lipinski definition) is 0. The van der Waals surface area contributed by atoms with Gasteiger partial charge in [-0.15, -0.1) is 0 Å². The molecular formula is C45H76Si. The smallest absolute Gasteiger partial charge is 0.0615 e. The molecule has 1 aliphatic heterocycles. The zero-order chi connectivity index (χ0) is 32.5. The SMILES string of the molecule is CC1CCC2C(C1)C1CC(C)CCC1C2[Si]1(C)C2C3CC4C(CC3C3CC5C(C1C32)C(C)(C)CCC5(C)C)C(C)(C)CCC4(C)C. The van der Waals surface area contributed by atoms with Crippen LogP contribution in [0.25, 0.3) is 0 Å². The second kappa shape index (κ2) is 9.96. The highest BCUT2D eigenvalue weighted by molar-refractivity contribution is 6.86. The molecule has 0 spiro atoms. The Hall–Kier alpha value is 0.217. The van der Waals surface area contributed by atoms with E-state index in [9.17, 15) is 0 Å². The Morgan fingerprint density at radius 1 is 0.413 bits per heavy atom. The maximum absolute atomic E-state index is 3.21. The Balaban J connectivity index is 1.19. The first kappa shape index (κ1) is 32.1. The Bertz CT molecular complexity index is 1190. The zero-order valence-electron chi connectivity index (χ0n) is 32.5. The van der Waals surface area contributed by atoms with Crippen LogP contribution in [0, 0.1) is 105 Å². The molecule has 0 amide bonds. The van der Waals surface area contributed by atoms with E-state index in [2.05, 4.69) is 75.8 Å². The Morgan fingerprint density at radius 2 is 0.848 bits per heavy atom. The molecule has 0 aromatic carbocycles. The van der Waals surface area contributed by atoms with Crippen LogP contribution in [0.3, 0.4) is 0 Å². The van der Waals surface area contributed by atoms with Gasteiger partial charge in [-0.05, 0) is 192 Å². The summed E-state index contributed by atoms with van der Waals surface area (Å²) in [6.45, 7) is 30.5. The Kier molecular flexibility index (Phi) is 6.96. The highest BCUT2D eigenvalue weighted by atomic mass is 28.3. The van der Waals surface area contributed by atoms with Crippen LogP contribution in [0.15, 0.2) is 0 Å². The van der Waals surface area contributed by atoms with Crippen molar-refractivity contribution in [1.82, 2.24) is 0 Å². The number of hydrogen-bond acceptors (Lipinski definition) is 0. The topological polar surface area (TPSA) is 0 Å². The van der Waals surface area contributed by atoms with Crippen molar-refractivity contribution in [2.24, 2.45) is 105 Å². The number of rotatable bonds is 1.